The molecule has 0 aliphatic rings. The number of nitrogens with one attached hydrogen (secondary N) is 1. The molecule has 0 saturated carbocycles. The smallest absolute Gasteiger partial charge is 0.274 e. The number of benzene rings is 1. The molecule has 0 saturated heterocycles. The maximum absolute atomic E-state index is 12.1. The van der Waals surface area contributed by atoms with Gasteiger partial charge in [0.05, 0.1) is 18.4 Å². The molecule has 3 rings (SSSR count). The van der Waals surface area contributed by atoms with Crippen LogP contribution in [0.2, 0.25) is 5.02 Å². The maximum Gasteiger partial charge on any atom is 0.274 e. The molecule has 0 spiro atoms. The third-order valence-electron chi connectivity index (χ3n) is 3.20. The van der Waals surface area contributed by atoms with Crippen molar-refractivity contribution < 1.29 is 4.79 Å². The van der Waals surface area contributed by atoms with Crippen molar-refractivity contribution in [1.29, 1.82) is 0 Å². The average Bonchev–Trinajstić information content (AvgIpc) is 3.10. The van der Waals surface area contributed by atoms with Gasteiger partial charge in [-0.05, 0) is 23.8 Å². The van der Waals surface area contributed by atoms with Gasteiger partial charge >= 0.3 is 0 Å². The highest BCUT2D eigenvalue weighted by Crippen LogP contribution is 2.12. The van der Waals surface area contributed by atoms with Crippen LogP contribution in [-0.2, 0) is 13.6 Å². The first-order valence-electron chi connectivity index (χ1n) is 6.68. The summed E-state index contributed by atoms with van der Waals surface area (Å²) in [7, 11) is 1.72. The van der Waals surface area contributed by atoms with Crippen molar-refractivity contribution in [3.8, 4) is 0 Å². The summed E-state index contributed by atoms with van der Waals surface area (Å²) in [4.78, 5) is 12.1. The summed E-state index contributed by atoms with van der Waals surface area (Å²) >= 11 is 5.86. The van der Waals surface area contributed by atoms with Crippen LogP contribution in [0.4, 0.5) is 5.69 Å². The molecule has 1 N–H and O–H groups in total. The zero-order chi connectivity index (χ0) is 15.5. The summed E-state index contributed by atoms with van der Waals surface area (Å²) < 4.78 is 3.27. The number of anilines is 1. The number of rotatable bonds is 4. The van der Waals surface area contributed by atoms with Crippen LogP contribution in [0.3, 0.4) is 0 Å². The zero-order valence-electron chi connectivity index (χ0n) is 11.9. The highest BCUT2D eigenvalue weighted by atomic mass is 35.5. The number of amides is 1. The third kappa shape index (κ3) is 3.17. The lowest BCUT2D eigenvalue weighted by Crippen LogP contribution is -2.15. The van der Waals surface area contributed by atoms with E-state index in [1.54, 1.807) is 36.4 Å². The van der Waals surface area contributed by atoms with Crippen molar-refractivity contribution >= 4 is 23.2 Å². The molecule has 22 heavy (non-hydrogen) atoms. The molecule has 7 heteroatoms. The van der Waals surface area contributed by atoms with E-state index in [1.165, 1.54) is 4.68 Å². The molecule has 0 atom stereocenters. The Labute approximate surface area is 132 Å². The number of carbonyl (C=O) groups excluding carboxylic acids is 1. The second-order valence-corrected chi connectivity index (χ2v) is 5.28. The number of hydrogen-bond acceptors (Lipinski definition) is 3. The predicted molar refractivity (Wildman–Crippen MR) is 83.9 cm³/mol. The molecular weight excluding hydrogens is 302 g/mol. The summed E-state index contributed by atoms with van der Waals surface area (Å²) in [6, 6.07) is 9.22. The van der Waals surface area contributed by atoms with Crippen LogP contribution < -0.4 is 5.32 Å². The number of hydrogen-bond donors (Lipinski definition) is 1. The van der Waals surface area contributed by atoms with E-state index in [4.69, 9.17) is 11.6 Å². The van der Waals surface area contributed by atoms with Crippen LogP contribution in [0.5, 0.6) is 0 Å². The van der Waals surface area contributed by atoms with Crippen molar-refractivity contribution in [3.05, 3.63) is 65.2 Å². The van der Waals surface area contributed by atoms with Crippen LogP contribution in [0.25, 0.3) is 0 Å². The predicted octanol–water partition coefficient (Wildman–Crippen LogP) is 2.57. The third-order valence-corrected chi connectivity index (χ3v) is 3.45. The normalized spacial score (nSPS) is 10.6. The monoisotopic (exact) mass is 315 g/mol. The first-order valence-corrected chi connectivity index (χ1v) is 7.06. The fourth-order valence-corrected chi connectivity index (χ4v) is 2.21. The molecular formula is C15H14ClN5O. The van der Waals surface area contributed by atoms with E-state index in [0.717, 1.165) is 5.56 Å². The van der Waals surface area contributed by atoms with Gasteiger partial charge in [-0.3, -0.25) is 14.2 Å². The Morgan fingerprint density at radius 2 is 2.00 bits per heavy atom. The molecule has 1 aromatic carbocycles. The number of carbonyl (C=O) groups is 1. The van der Waals surface area contributed by atoms with Crippen LogP contribution in [0.1, 0.15) is 16.1 Å². The lowest BCUT2D eigenvalue weighted by atomic mass is 10.2. The lowest BCUT2D eigenvalue weighted by Gasteiger charge is -2.03. The SMILES string of the molecule is Cn1nccc1C(=O)Nc1cnn(Cc2ccc(Cl)cc2)c1. The summed E-state index contributed by atoms with van der Waals surface area (Å²) in [5, 5.41) is 11.7. The highest BCUT2D eigenvalue weighted by molar-refractivity contribution is 6.30. The Bertz CT molecular complexity index is 790. The minimum atomic E-state index is -0.217. The minimum Gasteiger partial charge on any atom is -0.318 e. The zero-order valence-corrected chi connectivity index (χ0v) is 12.7. The van der Waals surface area contributed by atoms with Crippen molar-refractivity contribution in [2.45, 2.75) is 6.54 Å². The Morgan fingerprint density at radius 3 is 2.68 bits per heavy atom. The van der Waals surface area contributed by atoms with Crippen molar-refractivity contribution in [2.24, 2.45) is 7.05 Å². The van der Waals surface area contributed by atoms with Gasteiger partial charge in [0, 0.05) is 24.5 Å². The number of nitrogens with zero attached hydrogens (tertiary/aromatic N) is 4. The van der Waals surface area contributed by atoms with E-state index in [0.29, 0.717) is 22.9 Å². The fourth-order valence-electron chi connectivity index (χ4n) is 2.08. The Morgan fingerprint density at radius 1 is 1.23 bits per heavy atom. The average molecular weight is 316 g/mol. The van der Waals surface area contributed by atoms with Gasteiger partial charge in [-0.2, -0.15) is 10.2 Å². The topological polar surface area (TPSA) is 64.7 Å². The molecule has 0 aliphatic heterocycles. The highest BCUT2D eigenvalue weighted by Gasteiger charge is 2.11. The van der Waals surface area contributed by atoms with E-state index in [9.17, 15) is 4.79 Å². The summed E-state index contributed by atoms with van der Waals surface area (Å²) in [6.45, 7) is 0.610. The molecule has 2 heterocycles. The van der Waals surface area contributed by atoms with Crippen molar-refractivity contribution in [1.82, 2.24) is 19.6 Å². The van der Waals surface area contributed by atoms with E-state index in [2.05, 4.69) is 15.5 Å². The number of halogens is 1. The Kier molecular flexibility index (Phi) is 3.93. The molecule has 0 fully saturated rings. The van der Waals surface area contributed by atoms with E-state index < -0.39 is 0 Å². The Hall–Kier alpha value is -2.60. The van der Waals surface area contributed by atoms with Crippen molar-refractivity contribution in [3.63, 3.8) is 0 Å². The van der Waals surface area contributed by atoms with Crippen LogP contribution in [0, 0.1) is 0 Å². The molecule has 6 nitrogen and oxygen atoms in total. The van der Waals surface area contributed by atoms with Gasteiger partial charge in [0.15, 0.2) is 0 Å². The molecule has 0 aliphatic carbocycles. The van der Waals surface area contributed by atoms with Gasteiger partial charge in [-0.1, -0.05) is 23.7 Å². The Balaban J connectivity index is 1.67. The number of aromatic nitrogens is 4. The standard InChI is InChI=1S/C15H14ClN5O/c1-20-14(6-7-17-20)15(22)19-13-8-18-21(10-13)9-11-2-4-12(16)5-3-11/h2-8,10H,9H2,1H3,(H,19,22). The first kappa shape index (κ1) is 14.3. The van der Waals surface area contributed by atoms with Gasteiger partial charge in [0.25, 0.3) is 5.91 Å². The van der Waals surface area contributed by atoms with E-state index in [-0.39, 0.29) is 5.91 Å². The molecule has 112 valence electrons. The van der Waals surface area contributed by atoms with Crippen LogP contribution in [-0.4, -0.2) is 25.5 Å². The van der Waals surface area contributed by atoms with E-state index in [1.807, 2.05) is 24.3 Å². The van der Waals surface area contributed by atoms with Crippen molar-refractivity contribution in [2.75, 3.05) is 5.32 Å². The molecule has 1 amide bonds. The molecule has 0 bridgehead atoms. The second-order valence-electron chi connectivity index (χ2n) is 4.85. The largest absolute Gasteiger partial charge is 0.318 e. The van der Waals surface area contributed by atoms with Crippen LogP contribution >= 0.6 is 11.6 Å². The van der Waals surface area contributed by atoms with Gasteiger partial charge < -0.3 is 5.32 Å². The summed E-state index contributed by atoms with van der Waals surface area (Å²) in [6.07, 6.45) is 4.98. The summed E-state index contributed by atoms with van der Waals surface area (Å²) in [5.41, 5.74) is 2.21. The molecule has 3 aromatic rings. The number of aryl methyl sites for hydroxylation is 1. The van der Waals surface area contributed by atoms with Gasteiger partial charge in [-0.15, -0.1) is 0 Å². The summed E-state index contributed by atoms with van der Waals surface area (Å²) in [5.74, 6) is -0.217. The van der Waals surface area contributed by atoms with Gasteiger partial charge in [0.1, 0.15) is 5.69 Å². The quantitative estimate of drug-likeness (QED) is 0.804. The fraction of sp³-hybridized carbons (Fsp3) is 0.133. The van der Waals surface area contributed by atoms with Gasteiger partial charge in [0.2, 0.25) is 0 Å². The maximum atomic E-state index is 12.1. The lowest BCUT2D eigenvalue weighted by molar-refractivity contribution is 0.101. The van der Waals surface area contributed by atoms with E-state index >= 15 is 0 Å². The molecule has 0 unspecified atom stereocenters. The van der Waals surface area contributed by atoms with Crippen LogP contribution in [0.15, 0.2) is 48.9 Å². The molecule has 0 radical (unpaired) electrons. The van der Waals surface area contributed by atoms with Gasteiger partial charge in [-0.25, -0.2) is 0 Å². The molecule has 2 aromatic heterocycles. The second kappa shape index (κ2) is 6.03. The minimum absolute atomic E-state index is 0.217. The first-order chi connectivity index (χ1) is 10.6.